The van der Waals surface area contributed by atoms with Gasteiger partial charge in [0.1, 0.15) is 17.0 Å². The van der Waals surface area contributed by atoms with Gasteiger partial charge in [-0.3, -0.25) is 4.79 Å². The molecule has 0 spiro atoms. The van der Waals surface area contributed by atoms with E-state index in [-0.39, 0.29) is 5.97 Å². The van der Waals surface area contributed by atoms with Gasteiger partial charge in [0, 0.05) is 0 Å². The predicted molar refractivity (Wildman–Crippen MR) is 90.1 cm³/mol. The van der Waals surface area contributed by atoms with E-state index in [1.807, 2.05) is 53.7 Å². The highest BCUT2D eigenvalue weighted by Gasteiger charge is 2.34. The predicted octanol–water partition coefficient (Wildman–Crippen LogP) is 3.20. The summed E-state index contributed by atoms with van der Waals surface area (Å²) in [6, 6.07) is 3.37. The molecule has 0 radical (unpaired) electrons. The standard InChI is InChI=1S/C17H27NO3S/c1-8-21-16(19)15(17(5,6)7)18-22(20)14-12(3)9-11(2)10-13(14)4/h9-10,15,18H,8H2,1-7H3/t15-,22+/m0/s1. The molecule has 1 aromatic carbocycles. The van der Waals surface area contributed by atoms with E-state index in [1.165, 1.54) is 0 Å². The molecular formula is C17H27NO3S. The van der Waals surface area contributed by atoms with Gasteiger partial charge in [-0.25, -0.2) is 8.93 Å². The summed E-state index contributed by atoms with van der Waals surface area (Å²) < 4.78 is 20.8. The lowest BCUT2D eigenvalue weighted by molar-refractivity contribution is -0.147. The van der Waals surface area contributed by atoms with Gasteiger partial charge in [0.25, 0.3) is 0 Å². The summed E-state index contributed by atoms with van der Waals surface area (Å²) in [7, 11) is -1.47. The zero-order chi connectivity index (χ0) is 17.1. The van der Waals surface area contributed by atoms with Crippen molar-refractivity contribution in [1.82, 2.24) is 4.72 Å². The summed E-state index contributed by atoms with van der Waals surface area (Å²) >= 11 is 0. The molecule has 0 fully saturated rings. The van der Waals surface area contributed by atoms with E-state index in [0.29, 0.717) is 6.61 Å². The van der Waals surface area contributed by atoms with Gasteiger partial charge in [-0.05, 0) is 44.2 Å². The van der Waals surface area contributed by atoms with Crippen molar-refractivity contribution in [3.8, 4) is 0 Å². The van der Waals surface area contributed by atoms with Crippen LogP contribution in [-0.2, 0) is 20.5 Å². The fourth-order valence-electron chi connectivity index (χ4n) is 2.43. The molecule has 0 saturated carbocycles. The van der Waals surface area contributed by atoms with Gasteiger partial charge in [0.2, 0.25) is 0 Å². The average Bonchev–Trinajstić information content (AvgIpc) is 2.33. The first kappa shape index (κ1) is 18.8. The van der Waals surface area contributed by atoms with Gasteiger partial charge in [-0.2, -0.15) is 0 Å². The highest BCUT2D eigenvalue weighted by atomic mass is 32.2. The molecule has 0 aliphatic rings. The maximum Gasteiger partial charge on any atom is 0.324 e. The molecule has 4 nitrogen and oxygen atoms in total. The van der Waals surface area contributed by atoms with Crippen molar-refractivity contribution in [3.05, 3.63) is 28.8 Å². The van der Waals surface area contributed by atoms with E-state index in [1.54, 1.807) is 6.92 Å². The second-order valence-corrected chi connectivity index (χ2v) is 7.85. The number of carbonyl (C=O) groups is 1. The number of rotatable bonds is 5. The minimum Gasteiger partial charge on any atom is -0.465 e. The second kappa shape index (κ2) is 7.38. The normalized spacial score (nSPS) is 14.5. The quantitative estimate of drug-likeness (QED) is 0.846. The Kier molecular flexibility index (Phi) is 6.32. The van der Waals surface area contributed by atoms with Crippen LogP contribution < -0.4 is 4.72 Å². The summed E-state index contributed by atoms with van der Waals surface area (Å²) in [5.41, 5.74) is 2.65. The van der Waals surface area contributed by atoms with Crippen LogP contribution in [0.25, 0.3) is 0 Å². The number of ether oxygens (including phenoxy) is 1. The summed E-state index contributed by atoms with van der Waals surface area (Å²) in [6.45, 7) is 13.7. The van der Waals surface area contributed by atoms with Crippen LogP contribution in [0, 0.1) is 26.2 Å². The molecule has 0 aromatic heterocycles. The molecule has 1 N–H and O–H groups in total. The van der Waals surface area contributed by atoms with Crippen molar-refractivity contribution in [2.75, 3.05) is 6.61 Å². The lowest BCUT2D eigenvalue weighted by Gasteiger charge is -2.29. The van der Waals surface area contributed by atoms with Crippen molar-refractivity contribution in [1.29, 1.82) is 0 Å². The lowest BCUT2D eigenvalue weighted by atomic mass is 9.87. The summed E-state index contributed by atoms with van der Waals surface area (Å²) in [6.07, 6.45) is 0. The van der Waals surface area contributed by atoms with Crippen LogP contribution in [0.2, 0.25) is 0 Å². The summed E-state index contributed by atoms with van der Waals surface area (Å²) in [5, 5.41) is 0. The Morgan fingerprint density at radius 1 is 1.23 bits per heavy atom. The Bertz CT molecular complexity index is 553. The number of hydrogen-bond donors (Lipinski definition) is 1. The van der Waals surface area contributed by atoms with Gasteiger partial charge in [0.15, 0.2) is 0 Å². The van der Waals surface area contributed by atoms with Crippen molar-refractivity contribution in [3.63, 3.8) is 0 Å². The molecular weight excluding hydrogens is 298 g/mol. The first-order valence-electron chi connectivity index (χ1n) is 7.50. The Balaban J connectivity index is 3.10. The zero-order valence-electron chi connectivity index (χ0n) is 14.6. The van der Waals surface area contributed by atoms with E-state index in [2.05, 4.69) is 4.72 Å². The molecule has 5 heteroatoms. The molecule has 0 bridgehead atoms. The first-order valence-corrected chi connectivity index (χ1v) is 8.65. The topological polar surface area (TPSA) is 55.4 Å². The highest BCUT2D eigenvalue weighted by Crippen LogP contribution is 2.24. The smallest absolute Gasteiger partial charge is 0.324 e. The third-order valence-corrected chi connectivity index (χ3v) is 4.87. The minimum atomic E-state index is -1.47. The zero-order valence-corrected chi connectivity index (χ0v) is 15.4. The van der Waals surface area contributed by atoms with Crippen LogP contribution in [0.4, 0.5) is 0 Å². The molecule has 0 saturated heterocycles. The number of hydrogen-bond acceptors (Lipinski definition) is 3. The van der Waals surface area contributed by atoms with Crippen LogP contribution in [0.1, 0.15) is 44.4 Å². The van der Waals surface area contributed by atoms with Gasteiger partial charge in [-0.1, -0.05) is 38.5 Å². The Morgan fingerprint density at radius 2 is 1.73 bits per heavy atom. The maximum absolute atomic E-state index is 12.8. The molecule has 22 heavy (non-hydrogen) atoms. The molecule has 0 aliphatic heterocycles. The number of aryl methyl sites for hydroxylation is 3. The second-order valence-electron chi connectivity index (χ2n) is 6.67. The fraction of sp³-hybridized carbons (Fsp3) is 0.588. The van der Waals surface area contributed by atoms with E-state index in [4.69, 9.17) is 4.74 Å². The SMILES string of the molecule is CCOC(=O)[C@H](N[S@](=O)c1c(C)cc(C)cc1C)C(C)(C)C. The van der Waals surface area contributed by atoms with Gasteiger partial charge < -0.3 is 4.74 Å². The van der Waals surface area contributed by atoms with E-state index in [9.17, 15) is 9.00 Å². The van der Waals surface area contributed by atoms with E-state index in [0.717, 1.165) is 21.6 Å². The van der Waals surface area contributed by atoms with Gasteiger partial charge in [-0.15, -0.1) is 0 Å². The summed E-state index contributed by atoms with van der Waals surface area (Å²) in [5.74, 6) is -0.370. The molecule has 1 aromatic rings. The number of benzene rings is 1. The number of carbonyl (C=O) groups excluding carboxylic acids is 1. The monoisotopic (exact) mass is 325 g/mol. The largest absolute Gasteiger partial charge is 0.465 e. The van der Waals surface area contributed by atoms with Gasteiger partial charge in [0.05, 0.1) is 11.5 Å². The molecule has 124 valence electrons. The third-order valence-electron chi connectivity index (χ3n) is 3.40. The van der Waals surface area contributed by atoms with E-state index >= 15 is 0 Å². The average molecular weight is 325 g/mol. The Morgan fingerprint density at radius 3 is 2.14 bits per heavy atom. The van der Waals surface area contributed by atoms with Crippen molar-refractivity contribution in [2.24, 2.45) is 5.41 Å². The molecule has 0 heterocycles. The van der Waals surface area contributed by atoms with Crippen LogP contribution >= 0.6 is 0 Å². The minimum absolute atomic E-state index is 0.308. The molecule has 0 aliphatic carbocycles. The lowest BCUT2D eigenvalue weighted by Crippen LogP contribution is -2.48. The number of esters is 1. The molecule has 1 rings (SSSR count). The van der Waals surface area contributed by atoms with Crippen LogP contribution in [0.5, 0.6) is 0 Å². The fourth-order valence-corrected chi connectivity index (χ4v) is 3.91. The molecule has 0 unspecified atom stereocenters. The molecule has 0 amide bonds. The van der Waals surface area contributed by atoms with Crippen LogP contribution in [0.15, 0.2) is 17.0 Å². The van der Waals surface area contributed by atoms with E-state index < -0.39 is 22.4 Å². The third kappa shape index (κ3) is 4.65. The Hall–Kier alpha value is -1.20. The van der Waals surface area contributed by atoms with Crippen LogP contribution in [-0.4, -0.2) is 22.8 Å². The first-order chi connectivity index (χ1) is 10.1. The van der Waals surface area contributed by atoms with Crippen molar-refractivity contribution < 1.29 is 13.7 Å². The van der Waals surface area contributed by atoms with Crippen molar-refractivity contribution in [2.45, 2.75) is 59.4 Å². The van der Waals surface area contributed by atoms with Gasteiger partial charge >= 0.3 is 5.97 Å². The highest BCUT2D eigenvalue weighted by molar-refractivity contribution is 7.83. The Labute approximate surface area is 136 Å². The number of nitrogens with one attached hydrogen (secondary N) is 1. The maximum atomic E-state index is 12.8. The summed E-state index contributed by atoms with van der Waals surface area (Å²) in [4.78, 5) is 12.9. The van der Waals surface area contributed by atoms with Crippen molar-refractivity contribution >= 4 is 17.0 Å². The molecule has 2 atom stereocenters. The van der Waals surface area contributed by atoms with Crippen LogP contribution in [0.3, 0.4) is 0 Å².